The fourth-order valence-electron chi connectivity index (χ4n) is 4.49. The second kappa shape index (κ2) is 7.27. The highest BCUT2D eigenvalue weighted by Gasteiger charge is 2.36. The molecule has 0 radical (unpaired) electrons. The van der Waals surface area contributed by atoms with Crippen molar-refractivity contribution in [2.75, 3.05) is 0 Å². The molecule has 0 spiro atoms. The van der Waals surface area contributed by atoms with Crippen molar-refractivity contribution in [2.24, 2.45) is 7.05 Å². The van der Waals surface area contributed by atoms with Gasteiger partial charge in [-0.3, -0.25) is 14.9 Å². The van der Waals surface area contributed by atoms with E-state index in [-0.39, 0.29) is 5.57 Å². The van der Waals surface area contributed by atoms with Crippen LogP contribution in [-0.2, 0) is 29.7 Å². The van der Waals surface area contributed by atoms with E-state index in [1.54, 1.807) is 36.5 Å². The lowest BCUT2D eigenvalue weighted by Gasteiger charge is -2.05. The minimum atomic E-state index is -0.450. The van der Waals surface area contributed by atoms with Crippen molar-refractivity contribution in [3.05, 3.63) is 78.8 Å². The zero-order chi connectivity index (χ0) is 22.5. The first kappa shape index (κ1) is 19.2. The molecule has 9 nitrogen and oxygen atoms in total. The molecule has 0 unspecified atom stereocenters. The van der Waals surface area contributed by atoms with Crippen molar-refractivity contribution in [2.45, 2.75) is 13.1 Å². The molecule has 1 aliphatic heterocycles. The molecule has 0 bridgehead atoms. The summed E-state index contributed by atoms with van der Waals surface area (Å²) >= 11 is 0. The lowest BCUT2D eigenvalue weighted by Crippen LogP contribution is -2.22. The number of hydrogen-bond acceptors (Lipinski definition) is 5. The highest BCUT2D eigenvalue weighted by molar-refractivity contribution is 6.50. The second-order valence-electron chi connectivity index (χ2n) is 7.93. The number of nitrogens with one attached hydrogen (secondary N) is 1. The number of para-hydroxylation sites is 1. The average Bonchev–Trinajstić information content (AvgIpc) is 3.59. The maximum absolute atomic E-state index is 13.0. The summed E-state index contributed by atoms with van der Waals surface area (Å²) in [5.74, 6) is -0.871. The van der Waals surface area contributed by atoms with E-state index in [4.69, 9.17) is 0 Å². The first-order valence-corrected chi connectivity index (χ1v) is 10.5. The van der Waals surface area contributed by atoms with Gasteiger partial charge >= 0.3 is 0 Å². The molecule has 33 heavy (non-hydrogen) atoms. The van der Waals surface area contributed by atoms with Crippen LogP contribution in [0.3, 0.4) is 0 Å². The third kappa shape index (κ3) is 2.97. The standard InChI is InChI=1S/C24H19N7O2/c1-29-22-16(6-4-8-26-22)21(28-29)20-19(23(32)27-24(20)33)17-13-31(12-11-30-10-9-25-14-30)18-7-3-2-5-15(17)18/h2-10,13-14H,11-12H2,1H3,(H,27,32,33). The smallest absolute Gasteiger partial charge is 0.261 e. The number of imidazole rings is 1. The van der Waals surface area contributed by atoms with Crippen LogP contribution in [0.5, 0.6) is 0 Å². The van der Waals surface area contributed by atoms with Gasteiger partial charge in [-0.1, -0.05) is 18.2 Å². The number of carbonyl (C=O) groups excluding carboxylic acids is 2. The number of amides is 2. The largest absolute Gasteiger partial charge is 0.345 e. The first-order chi connectivity index (χ1) is 16.1. The van der Waals surface area contributed by atoms with E-state index < -0.39 is 11.8 Å². The molecule has 5 aromatic rings. The molecule has 1 N–H and O–H groups in total. The van der Waals surface area contributed by atoms with Crippen molar-refractivity contribution in [3.8, 4) is 0 Å². The predicted molar refractivity (Wildman–Crippen MR) is 123 cm³/mol. The zero-order valence-electron chi connectivity index (χ0n) is 17.8. The number of hydrogen-bond donors (Lipinski definition) is 1. The number of benzene rings is 1. The molecule has 0 saturated heterocycles. The molecule has 1 aromatic carbocycles. The molecule has 0 aliphatic carbocycles. The van der Waals surface area contributed by atoms with Crippen molar-refractivity contribution in [3.63, 3.8) is 0 Å². The van der Waals surface area contributed by atoms with Gasteiger partial charge in [0.2, 0.25) is 0 Å². The third-order valence-corrected chi connectivity index (χ3v) is 5.98. The lowest BCUT2D eigenvalue weighted by molar-refractivity contribution is -0.122. The third-order valence-electron chi connectivity index (χ3n) is 5.98. The number of aromatic nitrogens is 6. The Balaban J connectivity index is 1.56. The second-order valence-corrected chi connectivity index (χ2v) is 7.93. The predicted octanol–water partition coefficient (Wildman–Crippen LogP) is 2.39. The van der Waals surface area contributed by atoms with Crippen LogP contribution in [0.4, 0.5) is 0 Å². The summed E-state index contributed by atoms with van der Waals surface area (Å²) in [7, 11) is 1.77. The number of aryl methyl sites for hydroxylation is 3. The van der Waals surface area contributed by atoms with Crippen LogP contribution in [0.15, 0.2) is 67.5 Å². The van der Waals surface area contributed by atoms with Gasteiger partial charge in [0.25, 0.3) is 11.8 Å². The van der Waals surface area contributed by atoms with Crippen molar-refractivity contribution in [1.82, 2.24) is 34.2 Å². The van der Waals surface area contributed by atoms with Gasteiger partial charge < -0.3 is 9.13 Å². The van der Waals surface area contributed by atoms with Crippen LogP contribution in [-0.4, -0.2) is 40.7 Å². The fourth-order valence-corrected chi connectivity index (χ4v) is 4.49. The van der Waals surface area contributed by atoms with Gasteiger partial charge in [-0.15, -0.1) is 0 Å². The summed E-state index contributed by atoms with van der Waals surface area (Å²) in [4.78, 5) is 34.5. The molecule has 0 atom stereocenters. The summed E-state index contributed by atoms with van der Waals surface area (Å²) < 4.78 is 5.72. The number of pyridine rings is 1. The summed E-state index contributed by atoms with van der Waals surface area (Å²) in [5, 5.41) is 8.65. The van der Waals surface area contributed by atoms with Gasteiger partial charge in [0.05, 0.1) is 17.5 Å². The van der Waals surface area contributed by atoms with E-state index in [2.05, 4.69) is 25.0 Å². The minimum absolute atomic E-state index is 0.274. The monoisotopic (exact) mass is 437 g/mol. The summed E-state index contributed by atoms with van der Waals surface area (Å²) in [6.07, 6.45) is 9.05. The average molecular weight is 437 g/mol. The number of carbonyl (C=O) groups is 2. The molecule has 0 fully saturated rings. The molecule has 4 aromatic heterocycles. The number of nitrogens with zero attached hydrogens (tertiary/aromatic N) is 6. The van der Waals surface area contributed by atoms with Crippen LogP contribution in [0.2, 0.25) is 0 Å². The van der Waals surface area contributed by atoms with Crippen LogP contribution in [0, 0.1) is 0 Å². The minimum Gasteiger partial charge on any atom is -0.345 e. The number of rotatable bonds is 5. The fraction of sp³-hybridized carbons (Fsp3) is 0.125. The number of fused-ring (bicyclic) bond motifs is 2. The Morgan fingerprint density at radius 2 is 1.76 bits per heavy atom. The normalized spacial score (nSPS) is 14.1. The van der Waals surface area contributed by atoms with Crippen LogP contribution < -0.4 is 5.32 Å². The van der Waals surface area contributed by atoms with Crippen LogP contribution >= 0.6 is 0 Å². The van der Waals surface area contributed by atoms with Gasteiger partial charge in [0.1, 0.15) is 5.69 Å². The molecule has 162 valence electrons. The quantitative estimate of drug-likeness (QED) is 0.426. The highest BCUT2D eigenvalue weighted by atomic mass is 16.2. The maximum atomic E-state index is 13.0. The van der Waals surface area contributed by atoms with Crippen molar-refractivity contribution in [1.29, 1.82) is 0 Å². The van der Waals surface area contributed by atoms with Gasteiger partial charge in [-0.2, -0.15) is 5.10 Å². The van der Waals surface area contributed by atoms with E-state index in [0.29, 0.717) is 29.0 Å². The molecule has 9 heteroatoms. The Morgan fingerprint density at radius 1 is 0.939 bits per heavy atom. The summed E-state index contributed by atoms with van der Waals surface area (Å²) in [6.45, 7) is 1.41. The summed E-state index contributed by atoms with van der Waals surface area (Å²) in [6, 6.07) is 11.5. The Bertz CT molecular complexity index is 1590. The molecular formula is C24H19N7O2. The van der Waals surface area contributed by atoms with Crippen LogP contribution in [0.25, 0.3) is 33.1 Å². The van der Waals surface area contributed by atoms with E-state index in [0.717, 1.165) is 22.8 Å². The molecule has 1 aliphatic rings. The Hall–Kier alpha value is -4.53. The molecule has 0 saturated carbocycles. The van der Waals surface area contributed by atoms with Gasteiger partial charge in [0, 0.05) is 66.8 Å². The molecule has 2 amide bonds. The maximum Gasteiger partial charge on any atom is 0.261 e. The Labute approximate surface area is 188 Å². The van der Waals surface area contributed by atoms with E-state index in [1.807, 2.05) is 47.3 Å². The van der Waals surface area contributed by atoms with E-state index in [9.17, 15) is 9.59 Å². The Morgan fingerprint density at radius 3 is 2.61 bits per heavy atom. The summed E-state index contributed by atoms with van der Waals surface area (Å²) in [5.41, 5.74) is 3.40. The van der Waals surface area contributed by atoms with Gasteiger partial charge in [0.15, 0.2) is 5.65 Å². The van der Waals surface area contributed by atoms with Crippen molar-refractivity contribution < 1.29 is 9.59 Å². The van der Waals surface area contributed by atoms with Crippen molar-refractivity contribution >= 4 is 44.9 Å². The lowest BCUT2D eigenvalue weighted by atomic mass is 9.98. The molecule has 5 heterocycles. The molecular weight excluding hydrogens is 418 g/mol. The number of imide groups is 1. The SMILES string of the molecule is Cn1nc(C2=C(c3cn(CCn4ccnc4)c4ccccc34)C(=O)NC2=O)c2cccnc21. The molecule has 6 rings (SSSR count). The first-order valence-electron chi connectivity index (χ1n) is 10.5. The Kier molecular flexibility index (Phi) is 4.22. The van der Waals surface area contributed by atoms with E-state index >= 15 is 0 Å². The van der Waals surface area contributed by atoms with Gasteiger partial charge in [-0.25, -0.2) is 14.6 Å². The van der Waals surface area contributed by atoms with Gasteiger partial charge in [-0.05, 0) is 18.2 Å². The zero-order valence-corrected chi connectivity index (χ0v) is 17.8. The van der Waals surface area contributed by atoms with E-state index in [1.165, 1.54) is 0 Å². The highest BCUT2D eigenvalue weighted by Crippen LogP contribution is 2.37. The topological polar surface area (TPSA) is 99.6 Å². The van der Waals surface area contributed by atoms with Crippen LogP contribution in [0.1, 0.15) is 11.3 Å².